The first-order chi connectivity index (χ1) is 6.70. The SMILES string of the molecule is CC1C(=O)OC(c2ccccc2)C1[Se]. The van der Waals surface area contributed by atoms with Crippen LogP contribution in [0.5, 0.6) is 0 Å². The summed E-state index contributed by atoms with van der Waals surface area (Å²) in [5, 5.41) is 0. The van der Waals surface area contributed by atoms with Crippen LogP contribution in [0.25, 0.3) is 0 Å². The number of hydrogen-bond acceptors (Lipinski definition) is 2. The van der Waals surface area contributed by atoms with E-state index in [0.29, 0.717) is 0 Å². The molecule has 1 aromatic rings. The van der Waals surface area contributed by atoms with Gasteiger partial charge in [-0.2, -0.15) is 0 Å². The fourth-order valence-electron chi connectivity index (χ4n) is 1.60. The van der Waals surface area contributed by atoms with E-state index >= 15 is 0 Å². The molecule has 0 bridgehead atoms. The predicted octanol–water partition coefficient (Wildman–Crippen LogP) is 1.88. The number of rotatable bonds is 1. The molecule has 2 rings (SSSR count). The average Bonchev–Trinajstić information content (AvgIpc) is 2.47. The molecule has 73 valence electrons. The minimum atomic E-state index is -0.112. The van der Waals surface area contributed by atoms with Crippen LogP contribution in [0, 0.1) is 5.92 Å². The summed E-state index contributed by atoms with van der Waals surface area (Å²) in [6, 6.07) is 9.84. The van der Waals surface area contributed by atoms with E-state index in [0.717, 1.165) is 5.56 Å². The van der Waals surface area contributed by atoms with E-state index in [-0.39, 0.29) is 22.8 Å². The molecule has 0 aliphatic carbocycles. The monoisotopic (exact) mass is 255 g/mol. The summed E-state index contributed by atoms with van der Waals surface area (Å²) >= 11 is 3.02. The summed E-state index contributed by atoms with van der Waals surface area (Å²) in [5.74, 6) is -0.150. The number of carbonyl (C=O) groups excluding carboxylic acids is 1. The van der Waals surface area contributed by atoms with Gasteiger partial charge in [0.15, 0.2) is 0 Å². The molecule has 0 aromatic heterocycles. The van der Waals surface area contributed by atoms with Gasteiger partial charge in [-0.25, -0.2) is 0 Å². The zero-order chi connectivity index (χ0) is 10.1. The Balaban J connectivity index is 2.26. The molecule has 1 saturated heterocycles. The molecule has 3 atom stereocenters. The molecule has 1 radical (unpaired) electrons. The van der Waals surface area contributed by atoms with Gasteiger partial charge in [0, 0.05) is 0 Å². The van der Waals surface area contributed by atoms with Crippen LogP contribution in [0.1, 0.15) is 18.6 Å². The van der Waals surface area contributed by atoms with Gasteiger partial charge in [-0.15, -0.1) is 0 Å². The number of carbonyl (C=O) groups is 1. The van der Waals surface area contributed by atoms with Crippen molar-refractivity contribution in [3.63, 3.8) is 0 Å². The van der Waals surface area contributed by atoms with E-state index in [1.165, 1.54) is 0 Å². The third kappa shape index (κ3) is 1.58. The molecular weight excluding hydrogens is 243 g/mol. The van der Waals surface area contributed by atoms with Gasteiger partial charge in [0.1, 0.15) is 0 Å². The van der Waals surface area contributed by atoms with Crippen molar-refractivity contribution in [2.45, 2.75) is 17.8 Å². The van der Waals surface area contributed by atoms with Crippen LogP contribution in [0.2, 0.25) is 4.82 Å². The number of cyclic esters (lactones) is 1. The number of ether oxygens (including phenoxy) is 1. The predicted molar refractivity (Wildman–Crippen MR) is 53.9 cm³/mol. The topological polar surface area (TPSA) is 26.3 Å². The third-order valence-electron chi connectivity index (χ3n) is 2.53. The summed E-state index contributed by atoms with van der Waals surface area (Å²) < 4.78 is 5.30. The Morgan fingerprint density at radius 2 is 1.93 bits per heavy atom. The zero-order valence-electron chi connectivity index (χ0n) is 7.84. The summed E-state index contributed by atoms with van der Waals surface area (Å²) in [6.45, 7) is 1.90. The molecule has 1 aliphatic rings. The molecule has 1 heterocycles. The minimum absolute atomic E-state index is 0.0415. The van der Waals surface area contributed by atoms with Crippen LogP contribution >= 0.6 is 0 Å². The van der Waals surface area contributed by atoms with E-state index in [2.05, 4.69) is 16.0 Å². The summed E-state index contributed by atoms with van der Waals surface area (Å²) in [4.78, 5) is 11.5. The van der Waals surface area contributed by atoms with Crippen LogP contribution in [0.4, 0.5) is 0 Å². The van der Waals surface area contributed by atoms with Crippen molar-refractivity contribution in [2.24, 2.45) is 5.92 Å². The molecule has 1 fully saturated rings. The normalized spacial score (nSPS) is 31.6. The van der Waals surface area contributed by atoms with Gasteiger partial charge in [-0.3, -0.25) is 0 Å². The standard InChI is InChI=1S/C11H11O2Se/c1-7-10(14)9(13-11(7)12)8-5-3-2-4-6-8/h2-7,9-10H,1H3. The van der Waals surface area contributed by atoms with Crippen molar-refractivity contribution in [3.05, 3.63) is 35.9 Å². The molecule has 0 N–H and O–H groups in total. The van der Waals surface area contributed by atoms with Gasteiger partial charge >= 0.3 is 91.2 Å². The van der Waals surface area contributed by atoms with E-state index in [9.17, 15) is 4.79 Å². The third-order valence-corrected chi connectivity index (χ3v) is 3.91. The van der Waals surface area contributed by atoms with Gasteiger partial charge in [-0.05, 0) is 0 Å². The number of esters is 1. The fraction of sp³-hybridized carbons (Fsp3) is 0.364. The summed E-state index contributed by atoms with van der Waals surface area (Å²) in [6.07, 6.45) is -0.112. The fourth-order valence-corrected chi connectivity index (χ4v) is 2.28. The molecule has 3 heteroatoms. The maximum absolute atomic E-state index is 11.3. The van der Waals surface area contributed by atoms with E-state index < -0.39 is 0 Å². The average molecular weight is 254 g/mol. The van der Waals surface area contributed by atoms with Gasteiger partial charge in [0.05, 0.1) is 0 Å². The van der Waals surface area contributed by atoms with Crippen LogP contribution < -0.4 is 0 Å². The van der Waals surface area contributed by atoms with Crippen molar-refractivity contribution in [3.8, 4) is 0 Å². The Morgan fingerprint density at radius 3 is 2.43 bits per heavy atom. The van der Waals surface area contributed by atoms with Crippen molar-refractivity contribution in [1.29, 1.82) is 0 Å². The second kappa shape index (κ2) is 3.76. The molecule has 1 aromatic carbocycles. The molecule has 3 unspecified atom stereocenters. The Labute approximate surface area is 91.5 Å². The molecule has 0 spiro atoms. The van der Waals surface area contributed by atoms with Crippen LogP contribution in [0.3, 0.4) is 0 Å². The molecule has 2 nitrogen and oxygen atoms in total. The molecule has 0 saturated carbocycles. The summed E-state index contributed by atoms with van der Waals surface area (Å²) in [7, 11) is 0. The van der Waals surface area contributed by atoms with Gasteiger partial charge in [0.2, 0.25) is 0 Å². The van der Waals surface area contributed by atoms with Crippen molar-refractivity contribution < 1.29 is 9.53 Å². The second-order valence-electron chi connectivity index (χ2n) is 3.52. The Hall–Kier alpha value is -0.791. The summed E-state index contributed by atoms with van der Waals surface area (Å²) in [5.41, 5.74) is 1.06. The number of benzene rings is 1. The first kappa shape index (κ1) is 9.75. The van der Waals surface area contributed by atoms with Crippen LogP contribution in [-0.2, 0) is 9.53 Å². The van der Waals surface area contributed by atoms with Crippen molar-refractivity contribution >= 4 is 22.0 Å². The zero-order valence-corrected chi connectivity index (χ0v) is 9.56. The van der Waals surface area contributed by atoms with Gasteiger partial charge in [-0.1, -0.05) is 0 Å². The second-order valence-corrected chi connectivity index (χ2v) is 4.66. The molecule has 1 aliphatic heterocycles. The number of hydrogen-bond donors (Lipinski definition) is 0. The van der Waals surface area contributed by atoms with Crippen LogP contribution in [-0.4, -0.2) is 22.0 Å². The molecule has 0 amide bonds. The molecular formula is C11H11O2Se. The van der Waals surface area contributed by atoms with E-state index in [1.54, 1.807) is 0 Å². The first-order valence-electron chi connectivity index (χ1n) is 4.61. The van der Waals surface area contributed by atoms with Gasteiger partial charge < -0.3 is 0 Å². The Kier molecular flexibility index (Phi) is 2.62. The Bertz CT molecular complexity index is 336. The van der Waals surface area contributed by atoms with Crippen LogP contribution in [0.15, 0.2) is 30.3 Å². The first-order valence-corrected chi connectivity index (χ1v) is 5.60. The quantitative estimate of drug-likeness (QED) is 0.565. The van der Waals surface area contributed by atoms with Crippen molar-refractivity contribution in [2.75, 3.05) is 0 Å². The van der Waals surface area contributed by atoms with E-state index in [1.807, 2.05) is 37.3 Å². The maximum atomic E-state index is 11.3. The van der Waals surface area contributed by atoms with Gasteiger partial charge in [0.25, 0.3) is 0 Å². The van der Waals surface area contributed by atoms with E-state index in [4.69, 9.17) is 4.74 Å². The van der Waals surface area contributed by atoms with Crippen molar-refractivity contribution in [1.82, 2.24) is 0 Å². The Morgan fingerprint density at radius 1 is 1.29 bits per heavy atom. The molecule has 14 heavy (non-hydrogen) atoms.